The van der Waals surface area contributed by atoms with Gasteiger partial charge in [0.25, 0.3) is 0 Å². The molecule has 0 aromatic carbocycles. The van der Waals surface area contributed by atoms with Gasteiger partial charge in [-0.2, -0.15) is 13.2 Å². The van der Waals surface area contributed by atoms with Crippen LogP contribution in [0.15, 0.2) is 12.2 Å². The van der Waals surface area contributed by atoms with E-state index in [1.165, 1.54) is 93.5 Å². The molecule has 6 fully saturated rings. The minimum atomic E-state index is -4.51. The van der Waals surface area contributed by atoms with Gasteiger partial charge in [0.05, 0.1) is 31.5 Å². The summed E-state index contributed by atoms with van der Waals surface area (Å²) < 4.78 is 48.3. The van der Waals surface area contributed by atoms with Crippen molar-refractivity contribution >= 4 is 70.9 Å². The molecule has 1 spiro atoms. The summed E-state index contributed by atoms with van der Waals surface area (Å²) in [5.74, 6) is -10.3. The Balaban J connectivity index is 1.32. The molecule has 3 unspecified atom stereocenters. The monoisotopic (exact) mass is 1480 g/mol. The number of ether oxygens (including phenoxy) is 1. The molecule has 4 aliphatic carbocycles. The van der Waals surface area contributed by atoms with E-state index < -0.39 is 180 Å². The molecule has 12 amide bonds. The number of nitrogens with one attached hydrogen (secondary N) is 3. The van der Waals surface area contributed by atoms with Crippen molar-refractivity contribution in [3.63, 3.8) is 0 Å². The molecule has 13 atom stereocenters. The second-order valence-corrected chi connectivity index (χ2v) is 33.2. The molecule has 592 valence electrons. The van der Waals surface area contributed by atoms with Crippen LogP contribution < -0.4 is 16.0 Å². The number of halogens is 3. The summed E-state index contributed by atoms with van der Waals surface area (Å²) in [7, 11) is 11.5. The molecular weight excluding hydrogens is 1360 g/mol. The number of likely N-dealkylation sites (N-methyl/N-ethyl adjacent to an activating group) is 7. The second-order valence-electron chi connectivity index (χ2n) is 33.2. The Morgan fingerprint density at radius 3 is 1.90 bits per heavy atom. The minimum Gasteiger partial charge on any atom is -0.381 e. The predicted molar refractivity (Wildman–Crippen MR) is 389 cm³/mol. The quantitative estimate of drug-likeness (QED) is 0.165. The van der Waals surface area contributed by atoms with Crippen LogP contribution >= 0.6 is 0 Å². The Kier molecular flexibility index (Phi) is 29.9. The average molecular weight is 1480 g/mol. The van der Waals surface area contributed by atoms with E-state index in [9.17, 15) is 41.9 Å². The Morgan fingerprint density at radius 2 is 1.30 bits per heavy atom. The van der Waals surface area contributed by atoms with Crippen LogP contribution in [-0.2, 0) is 62.3 Å². The number of carbonyl (C=O) groups is 12. The summed E-state index contributed by atoms with van der Waals surface area (Å²) >= 11 is 0. The van der Waals surface area contributed by atoms with Gasteiger partial charge >= 0.3 is 6.18 Å². The van der Waals surface area contributed by atoms with E-state index in [0.29, 0.717) is 38.0 Å². The lowest BCUT2D eigenvalue weighted by atomic mass is 9.58. The number of nitrogens with zero attached hydrogens (tertiary/aromatic N) is 9. The number of methoxy groups -OCH3 is 1. The molecule has 4 saturated carbocycles. The number of amides is 12. The fourth-order valence-corrected chi connectivity index (χ4v) is 17.9. The molecule has 28 heteroatoms. The van der Waals surface area contributed by atoms with Gasteiger partial charge in [0.15, 0.2) is 0 Å². The number of hydrogen-bond acceptors (Lipinski definition) is 13. The zero-order valence-corrected chi connectivity index (χ0v) is 65.7. The summed E-state index contributed by atoms with van der Waals surface area (Å²) in [5.41, 5.74) is -2.10. The second kappa shape index (κ2) is 36.8. The third-order valence-electron chi connectivity index (χ3n) is 24.6. The SMILES string of the molecule is CCC[C@H]1C(=O)N[C@@H]([C@@H](C)CC)C(=O)N(C)CC(=O)N(C)[C@H]2C/C=C\CCN(C2=O)[C@@H](CC2CCC(C)CC2)C(=O)N(C)CC(=O)N[C@@H](CCC2CCC(C(F)(F)F)C(OC)C2)C(=O)N2C[C@@H](C)C[C@H]2C(=O)NC2(CC(C)(C)C2)C(=O)N(C)[C@@H](C2CCCC2)C(=O)N(C)[C@H](C(=O)N(C)CC)CC(=O)N1C. The van der Waals surface area contributed by atoms with Crippen molar-refractivity contribution in [1.29, 1.82) is 0 Å². The van der Waals surface area contributed by atoms with Crippen LogP contribution in [0.1, 0.15) is 203 Å². The Labute approximate surface area is 621 Å². The first-order chi connectivity index (χ1) is 49.3. The van der Waals surface area contributed by atoms with E-state index in [0.717, 1.165) is 38.5 Å². The molecule has 0 radical (unpaired) electrons. The van der Waals surface area contributed by atoms with E-state index in [2.05, 4.69) is 22.9 Å². The first-order valence-electron chi connectivity index (χ1n) is 38.9. The van der Waals surface area contributed by atoms with E-state index >= 15 is 28.8 Å². The van der Waals surface area contributed by atoms with E-state index in [1.807, 2.05) is 40.7 Å². The molecule has 7 rings (SSSR count). The summed E-state index contributed by atoms with van der Waals surface area (Å²) in [5, 5.41) is 8.93. The van der Waals surface area contributed by atoms with Crippen molar-refractivity contribution in [2.45, 2.75) is 269 Å². The fourth-order valence-electron chi connectivity index (χ4n) is 17.9. The molecule has 0 aromatic heterocycles. The van der Waals surface area contributed by atoms with Crippen molar-refractivity contribution in [3.05, 3.63) is 12.2 Å². The fraction of sp³-hybridized carbons (Fsp3) is 0.818. The van der Waals surface area contributed by atoms with Gasteiger partial charge in [0.2, 0.25) is 70.9 Å². The smallest absolute Gasteiger partial charge is 0.381 e. The Bertz CT molecular complexity index is 3130. The van der Waals surface area contributed by atoms with Crippen molar-refractivity contribution < 1.29 is 75.4 Å². The lowest BCUT2D eigenvalue weighted by Gasteiger charge is -2.54. The van der Waals surface area contributed by atoms with E-state index in [4.69, 9.17) is 4.74 Å². The summed E-state index contributed by atoms with van der Waals surface area (Å²) in [6.07, 6.45) is 5.43. The van der Waals surface area contributed by atoms with Crippen LogP contribution in [-0.4, -0.2) is 270 Å². The molecule has 105 heavy (non-hydrogen) atoms. The van der Waals surface area contributed by atoms with Crippen LogP contribution in [0, 0.1) is 46.8 Å². The molecule has 3 N–H and O–H groups in total. The maximum Gasteiger partial charge on any atom is 0.394 e. The third kappa shape index (κ3) is 20.7. The number of carbonyl (C=O) groups excluding carboxylic acids is 12. The molecule has 2 saturated heterocycles. The highest BCUT2D eigenvalue weighted by molar-refractivity contribution is 6.01. The third-order valence-corrected chi connectivity index (χ3v) is 24.6. The Morgan fingerprint density at radius 1 is 0.667 bits per heavy atom. The summed E-state index contributed by atoms with van der Waals surface area (Å²) in [6.45, 7) is 14.3. The Hall–Kier alpha value is -6.87. The lowest BCUT2D eigenvalue weighted by Crippen LogP contribution is -2.71. The zero-order chi connectivity index (χ0) is 77.9. The molecule has 7 aliphatic rings. The topological polar surface area (TPSA) is 279 Å². The summed E-state index contributed by atoms with van der Waals surface area (Å²) in [4.78, 5) is 194. The number of alkyl halides is 3. The van der Waals surface area contributed by atoms with Crippen molar-refractivity contribution in [2.24, 2.45) is 46.8 Å². The van der Waals surface area contributed by atoms with E-state index in [-0.39, 0.29) is 108 Å². The first kappa shape index (κ1) is 85.4. The highest BCUT2D eigenvalue weighted by Gasteiger charge is 2.59. The molecule has 25 nitrogen and oxygen atoms in total. The van der Waals surface area contributed by atoms with Crippen molar-refractivity contribution in [3.8, 4) is 0 Å². The molecule has 2 bridgehead atoms. The lowest BCUT2D eigenvalue weighted by molar-refractivity contribution is -0.215. The van der Waals surface area contributed by atoms with Gasteiger partial charge in [-0.3, -0.25) is 57.5 Å². The maximum atomic E-state index is 15.8. The van der Waals surface area contributed by atoms with Crippen molar-refractivity contribution in [2.75, 3.05) is 89.2 Å². The number of fused-ring (bicyclic) bond motifs is 3. The summed E-state index contributed by atoms with van der Waals surface area (Å²) in [6, 6.07) is -9.83. The van der Waals surface area contributed by atoms with Gasteiger partial charge in [0, 0.05) is 76.1 Å². The first-order valence-corrected chi connectivity index (χ1v) is 38.9. The van der Waals surface area contributed by atoms with Gasteiger partial charge < -0.3 is 64.8 Å². The van der Waals surface area contributed by atoms with Gasteiger partial charge in [-0.25, -0.2) is 0 Å². The molecular formula is C77H125F3N12O13. The predicted octanol–water partition coefficient (Wildman–Crippen LogP) is 6.55. The highest BCUT2D eigenvalue weighted by Crippen LogP contribution is 2.50. The maximum absolute atomic E-state index is 15.8. The van der Waals surface area contributed by atoms with Crippen LogP contribution in [0.5, 0.6) is 0 Å². The zero-order valence-electron chi connectivity index (χ0n) is 65.7. The average Bonchev–Trinajstić information content (AvgIpc) is 1.34. The van der Waals surface area contributed by atoms with E-state index in [1.54, 1.807) is 27.0 Å². The van der Waals surface area contributed by atoms with Crippen LogP contribution in [0.3, 0.4) is 0 Å². The van der Waals surface area contributed by atoms with Gasteiger partial charge in [0.1, 0.15) is 53.9 Å². The highest BCUT2D eigenvalue weighted by atomic mass is 19.4. The van der Waals surface area contributed by atoms with Crippen LogP contribution in [0.4, 0.5) is 13.2 Å². The van der Waals surface area contributed by atoms with Crippen LogP contribution in [0.25, 0.3) is 0 Å². The largest absolute Gasteiger partial charge is 0.394 e. The minimum absolute atomic E-state index is 0.00562. The van der Waals surface area contributed by atoms with Gasteiger partial charge in [-0.05, 0) is 138 Å². The van der Waals surface area contributed by atoms with Gasteiger partial charge in [-0.15, -0.1) is 0 Å². The standard InChI is InChI=1S/C77H125F3N12O13/c1-17-25-55-66(96)82-64(49(6)18-2)72(102)86(11)44-63(95)88(13)56-28-21-20-24-37-91(71(56)101)59(39-50-31-29-47(4)30-32-50)70(100)85(10)43-61(93)81-54(36-34-51-33-35-53(77(78,79)80)60(40-51)105-16)68(98)92-42-48(5)38-57(92)67(97)83-76(45-75(7,8)46-76)74(104)90(15)65(52-26-22-23-27-52)73(103)89(14)58(41-62(94)87(55)12)69(99)84(9)19-3/h20-21,47-60,64-65H,17-19,22-46H2,1-16H3,(H,81,93)(H,82,96)(H,83,97)/b21-20-/t47?,48-,49-,50?,51?,53?,54-,55-,56-,57-,58-,59-,60?,64-,65-/m0/s1. The molecule has 3 heterocycles. The molecule has 0 aromatic rings. The normalized spacial score (nSPS) is 32.1. The van der Waals surface area contributed by atoms with Gasteiger partial charge in [-0.1, -0.05) is 112 Å². The van der Waals surface area contributed by atoms with Crippen molar-refractivity contribution in [1.82, 2.24) is 60.0 Å². The number of rotatable bonds is 13. The van der Waals surface area contributed by atoms with Crippen LogP contribution in [0.2, 0.25) is 0 Å². The molecule has 3 aliphatic heterocycles. The number of hydrogen-bond donors (Lipinski definition) is 3.